The Bertz CT molecular complexity index is 633. The molecule has 1 aromatic rings. The smallest absolute Gasteiger partial charge is 0.278 e. The number of carbonyl (C=O) groups is 2. The Morgan fingerprint density at radius 1 is 1.24 bits per heavy atom. The molecule has 1 heterocycles. The van der Waals surface area contributed by atoms with Crippen LogP contribution < -0.4 is 5.32 Å². The lowest BCUT2D eigenvalue weighted by Crippen LogP contribution is -2.57. The van der Waals surface area contributed by atoms with Crippen molar-refractivity contribution in [2.24, 2.45) is 21.7 Å². The zero-order valence-corrected chi connectivity index (χ0v) is 12.6. The van der Waals surface area contributed by atoms with Crippen LogP contribution in [0.1, 0.15) is 44.0 Å². The molecular formula is C17H20N2O2. The average molecular weight is 284 g/mol. The fourth-order valence-corrected chi connectivity index (χ4v) is 3.59. The van der Waals surface area contributed by atoms with Gasteiger partial charge in [0, 0.05) is 11.5 Å². The molecule has 1 saturated heterocycles. The van der Waals surface area contributed by atoms with E-state index < -0.39 is 0 Å². The van der Waals surface area contributed by atoms with Crippen LogP contribution in [0.2, 0.25) is 0 Å². The number of carbonyl (C=O) groups excluding carboxylic acids is 2. The highest BCUT2D eigenvalue weighted by atomic mass is 16.2. The molecule has 4 nitrogen and oxygen atoms in total. The molecule has 0 unspecified atom stereocenters. The van der Waals surface area contributed by atoms with E-state index in [4.69, 9.17) is 0 Å². The number of amidine groups is 1. The van der Waals surface area contributed by atoms with Gasteiger partial charge in [0.15, 0.2) is 0 Å². The molecule has 2 aliphatic rings. The third-order valence-electron chi connectivity index (χ3n) is 5.54. The Labute approximate surface area is 124 Å². The maximum absolute atomic E-state index is 12.4. The second-order valence-electron chi connectivity index (χ2n) is 6.77. The van der Waals surface area contributed by atoms with E-state index in [1.165, 1.54) is 0 Å². The van der Waals surface area contributed by atoms with Crippen LogP contribution in [0, 0.1) is 16.7 Å². The van der Waals surface area contributed by atoms with Gasteiger partial charge >= 0.3 is 0 Å². The molecule has 1 aliphatic heterocycles. The minimum absolute atomic E-state index is 0.0131. The molecule has 4 heteroatoms. The van der Waals surface area contributed by atoms with Crippen LogP contribution in [-0.4, -0.2) is 17.6 Å². The molecule has 1 aliphatic carbocycles. The van der Waals surface area contributed by atoms with E-state index in [2.05, 4.69) is 24.2 Å². The van der Waals surface area contributed by atoms with Crippen molar-refractivity contribution in [2.75, 3.05) is 0 Å². The van der Waals surface area contributed by atoms with Crippen molar-refractivity contribution in [3.63, 3.8) is 0 Å². The molecule has 1 N–H and O–H groups in total. The highest BCUT2D eigenvalue weighted by molar-refractivity contribution is 6.11. The predicted molar refractivity (Wildman–Crippen MR) is 81.0 cm³/mol. The summed E-state index contributed by atoms with van der Waals surface area (Å²) in [5, 5.41) is 2.87. The van der Waals surface area contributed by atoms with Crippen LogP contribution in [0.25, 0.3) is 0 Å². The van der Waals surface area contributed by atoms with Crippen LogP contribution in [0.5, 0.6) is 0 Å². The molecule has 0 radical (unpaired) electrons. The summed E-state index contributed by atoms with van der Waals surface area (Å²) in [5.41, 5.74) is 0.000771. The Balaban J connectivity index is 1.96. The summed E-state index contributed by atoms with van der Waals surface area (Å²) in [6.45, 7) is 6.22. The Morgan fingerprint density at radius 3 is 2.57 bits per heavy atom. The summed E-state index contributed by atoms with van der Waals surface area (Å²) in [7, 11) is 0. The van der Waals surface area contributed by atoms with Crippen molar-refractivity contribution in [3.05, 3.63) is 35.9 Å². The van der Waals surface area contributed by atoms with Gasteiger partial charge < -0.3 is 5.32 Å². The Morgan fingerprint density at radius 2 is 1.90 bits per heavy atom. The number of fused-ring (bicyclic) bond motifs is 2. The number of nitrogens with one attached hydrogen (secondary N) is 1. The van der Waals surface area contributed by atoms with E-state index in [1.807, 2.05) is 25.1 Å². The summed E-state index contributed by atoms with van der Waals surface area (Å²) in [5.74, 6) is 0.361. The zero-order chi connectivity index (χ0) is 15.3. The third-order valence-corrected chi connectivity index (χ3v) is 5.54. The van der Waals surface area contributed by atoms with Gasteiger partial charge in [-0.25, -0.2) is 0 Å². The van der Waals surface area contributed by atoms with Crippen molar-refractivity contribution >= 4 is 17.6 Å². The van der Waals surface area contributed by atoms with Crippen LogP contribution in [0.3, 0.4) is 0 Å². The second kappa shape index (κ2) is 4.52. The molecule has 2 fully saturated rings. The highest BCUT2D eigenvalue weighted by Crippen LogP contribution is 2.58. The van der Waals surface area contributed by atoms with Crippen LogP contribution in [0.4, 0.5) is 0 Å². The summed E-state index contributed by atoms with van der Waals surface area (Å²) >= 11 is 0. The van der Waals surface area contributed by atoms with Gasteiger partial charge in [-0.3, -0.25) is 9.59 Å². The number of nitrogens with zero attached hydrogens (tertiary/aromatic N) is 1. The van der Waals surface area contributed by atoms with Gasteiger partial charge in [-0.15, -0.1) is 0 Å². The quantitative estimate of drug-likeness (QED) is 0.862. The maximum atomic E-state index is 12.4. The first-order valence-corrected chi connectivity index (χ1v) is 7.36. The van der Waals surface area contributed by atoms with E-state index in [-0.39, 0.29) is 28.6 Å². The number of aliphatic imine (C=N–C) groups is 1. The van der Waals surface area contributed by atoms with E-state index in [1.54, 1.807) is 12.1 Å². The Kier molecular flexibility index (Phi) is 3.01. The number of hydrogen-bond donors (Lipinski definition) is 1. The first kappa shape index (κ1) is 14.0. The number of rotatable bonds is 1. The first-order chi connectivity index (χ1) is 9.86. The summed E-state index contributed by atoms with van der Waals surface area (Å²) < 4.78 is 0. The van der Waals surface area contributed by atoms with Crippen molar-refractivity contribution in [1.29, 1.82) is 0 Å². The van der Waals surface area contributed by atoms with Crippen molar-refractivity contribution < 1.29 is 9.59 Å². The van der Waals surface area contributed by atoms with E-state index in [9.17, 15) is 9.59 Å². The minimum Gasteiger partial charge on any atom is -0.313 e. The molecule has 0 aromatic heterocycles. The molecule has 0 spiro atoms. The van der Waals surface area contributed by atoms with Crippen molar-refractivity contribution in [1.82, 2.24) is 5.32 Å². The number of piperidine rings is 1. The van der Waals surface area contributed by atoms with Gasteiger partial charge in [0.1, 0.15) is 5.84 Å². The maximum Gasteiger partial charge on any atom is 0.278 e. The van der Waals surface area contributed by atoms with Crippen molar-refractivity contribution in [3.8, 4) is 0 Å². The molecule has 1 aromatic carbocycles. The topological polar surface area (TPSA) is 58.5 Å². The fourth-order valence-electron chi connectivity index (χ4n) is 3.59. The molecule has 21 heavy (non-hydrogen) atoms. The van der Waals surface area contributed by atoms with E-state index in [0.717, 1.165) is 12.8 Å². The Hall–Kier alpha value is -1.97. The minimum atomic E-state index is -0.369. The average Bonchev–Trinajstić information content (AvgIpc) is 2.61. The van der Waals surface area contributed by atoms with E-state index >= 15 is 0 Å². The monoisotopic (exact) mass is 284 g/mol. The first-order valence-electron chi connectivity index (χ1n) is 7.36. The zero-order valence-electron chi connectivity index (χ0n) is 12.6. The normalized spacial score (nSPS) is 32.0. The number of benzene rings is 1. The van der Waals surface area contributed by atoms with Crippen LogP contribution >= 0.6 is 0 Å². The fraction of sp³-hybridized carbons (Fsp3) is 0.471. The van der Waals surface area contributed by atoms with Gasteiger partial charge in [0.05, 0.1) is 5.41 Å². The molecule has 2 bridgehead atoms. The largest absolute Gasteiger partial charge is 0.313 e. The molecule has 2 amide bonds. The van der Waals surface area contributed by atoms with E-state index in [0.29, 0.717) is 11.4 Å². The lowest BCUT2D eigenvalue weighted by Gasteiger charge is -2.44. The second-order valence-corrected chi connectivity index (χ2v) is 6.77. The summed E-state index contributed by atoms with van der Waals surface area (Å²) in [4.78, 5) is 28.9. The van der Waals surface area contributed by atoms with Crippen molar-refractivity contribution in [2.45, 2.75) is 33.6 Å². The van der Waals surface area contributed by atoms with Gasteiger partial charge in [-0.1, -0.05) is 39.0 Å². The molecule has 110 valence electrons. The SMILES string of the molecule is CC1(C)[C@@H]2CC[C@]1(C)C(=O)NC2=NC(=O)c1ccccc1. The summed E-state index contributed by atoms with van der Waals surface area (Å²) in [6.07, 6.45) is 1.73. The van der Waals surface area contributed by atoms with Crippen LogP contribution in [0.15, 0.2) is 35.3 Å². The lowest BCUT2D eigenvalue weighted by molar-refractivity contribution is -0.135. The van der Waals surface area contributed by atoms with Gasteiger partial charge in [0.25, 0.3) is 5.91 Å². The van der Waals surface area contributed by atoms with Crippen LogP contribution in [-0.2, 0) is 4.79 Å². The molecular weight excluding hydrogens is 264 g/mol. The third kappa shape index (κ3) is 1.93. The summed E-state index contributed by atoms with van der Waals surface area (Å²) in [6, 6.07) is 8.95. The lowest BCUT2D eigenvalue weighted by atomic mass is 9.63. The number of hydrogen-bond acceptors (Lipinski definition) is 2. The molecule has 3 rings (SSSR count). The molecule has 1 saturated carbocycles. The predicted octanol–water partition coefficient (Wildman–Crippen LogP) is 2.80. The molecule has 2 atom stereocenters. The standard InChI is InChI=1S/C17H20N2O2/c1-16(2)12-9-10-17(16,3)15(21)19-13(12)18-14(20)11-7-5-4-6-8-11/h4-8,12H,9-10H2,1-3H3,(H,18,19,20,21)/t12-,17-/m1/s1. The van der Waals surface area contributed by atoms with Gasteiger partial charge in [-0.2, -0.15) is 4.99 Å². The van der Waals surface area contributed by atoms with Gasteiger partial charge in [-0.05, 0) is 30.4 Å². The number of amides is 2. The highest BCUT2D eigenvalue weighted by Gasteiger charge is 2.60. The van der Waals surface area contributed by atoms with Gasteiger partial charge in [0.2, 0.25) is 5.91 Å².